The second-order valence-corrected chi connectivity index (χ2v) is 5.22. The van der Waals surface area contributed by atoms with Crippen LogP contribution in [0.5, 0.6) is 0 Å². The smallest absolute Gasteiger partial charge is 0.289 e. The van der Waals surface area contributed by atoms with E-state index in [-0.39, 0.29) is 18.3 Å². The fraction of sp³-hybridized carbons (Fsp3) is 0.583. The van der Waals surface area contributed by atoms with Crippen LogP contribution in [0, 0.1) is 6.92 Å². The van der Waals surface area contributed by atoms with Gasteiger partial charge in [0.05, 0.1) is 0 Å². The van der Waals surface area contributed by atoms with E-state index >= 15 is 0 Å². The standard InChI is InChI=1S/C12H17BrN2O2.ClH/c1-8-6-10(13)17-11(8)12(16)15-5-3-4-9(7-15)14-2;/h6,9,14H,3-5,7H2,1-2H3;1H. The number of piperidine rings is 1. The summed E-state index contributed by atoms with van der Waals surface area (Å²) in [5.74, 6) is 0.446. The molecule has 1 N–H and O–H groups in total. The Labute approximate surface area is 122 Å². The molecule has 0 bridgehead atoms. The van der Waals surface area contributed by atoms with Crippen molar-refractivity contribution in [2.75, 3.05) is 20.1 Å². The zero-order valence-corrected chi connectivity index (χ0v) is 12.9. The first-order valence-corrected chi connectivity index (χ1v) is 6.63. The molecule has 1 atom stereocenters. The number of hydrogen-bond acceptors (Lipinski definition) is 3. The number of likely N-dealkylation sites (N-methyl/N-ethyl adjacent to an activating group) is 1. The summed E-state index contributed by atoms with van der Waals surface area (Å²) < 4.78 is 6.01. The predicted molar refractivity (Wildman–Crippen MR) is 76.4 cm³/mol. The number of halogens is 2. The van der Waals surface area contributed by atoms with Crippen molar-refractivity contribution in [1.29, 1.82) is 0 Å². The van der Waals surface area contributed by atoms with Crippen LogP contribution in [0.15, 0.2) is 15.2 Å². The summed E-state index contributed by atoms with van der Waals surface area (Å²) >= 11 is 3.25. The maximum Gasteiger partial charge on any atom is 0.289 e. The molecule has 4 nitrogen and oxygen atoms in total. The van der Waals surface area contributed by atoms with Crippen molar-refractivity contribution in [3.8, 4) is 0 Å². The summed E-state index contributed by atoms with van der Waals surface area (Å²) in [6.45, 7) is 3.46. The number of nitrogens with one attached hydrogen (secondary N) is 1. The molecule has 0 spiro atoms. The Bertz CT molecular complexity index is 422. The number of nitrogens with zero attached hydrogens (tertiary/aromatic N) is 1. The van der Waals surface area contributed by atoms with Crippen molar-refractivity contribution in [2.24, 2.45) is 0 Å². The van der Waals surface area contributed by atoms with Crippen LogP contribution in [0.1, 0.15) is 29.0 Å². The molecule has 2 rings (SSSR count). The Hall–Kier alpha value is -0.520. The number of furan rings is 1. The second kappa shape index (κ2) is 6.59. The Balaban J connectivity index is 0.00000162. The van der Waals surface area contributed by atoms with Gasteiger partial charge < -0.3 is 14.6 Å². The molecule has 6 heteroatoms. The molecular formula is C12H18BrClN2O2. The maximum atomic E-state index is 12.3. The molecule has 1 amide bonds. The molecule has 2 heterocycles. The van der Waals surface area contributed by atoms with Gasteiger partial charge in [-0.1, -0.05) is 0 Å². The van der Waals surface area contributed by atoms with E-state index in [1.54, 1.807) is 0 Å². The lowest BCUT2D eigenvalue weighted by atomic mass is 10.1. The van der Waals surface area contributed by atoms with Crippen LogP contribution in [0.3, 0.4) is 0 Å². The van der Waals surface area contributed by atoms with E-state index in [0.29, 0.717) is 16.5 Å². The van der Waals surface area contributed by atoms with Gasteiger partial charge in [0.15, 0.2) is 10.4 Å². The van der Waals surface area contributed by atoms with E-state index < -0.39 is 0 Å². The SMILES string of the molecule is CNC1CCCN(C(=O)c2oc(Br)cc2C)C1.Cl. The minimum absolute atomic E-state index is 0. The lowest BCUT2D eigenvalue weighted by Crippen LogP contribution is -2.47. The Morgan fingerprint density at radius 3 is 2.89 bits per heavy atom. The Morgan fingerprint density at radius 2 is 2.33 bits per heavy atom. The van der Waals surface area contributed by atoms with Crippen LogP contribution >= 0.6 is 28.3 Å². The highest BCUT2D eigenvalue weighted by atomic mass is 79.9. The molecular weight excluding hydrogens is 320 g/mol. The fourth-order valence-electron chi connectivity index (χ4n) is 2.20. The van der Waals surface area contributed by atoms with Gasteiger partial charge in [-0.25, -0.2) is 0 Å². The number of carbonyl (C=O) groups is 1. The fourth-order valence-corrected chi connectivity index (χ4v) is 2.70. The highest BCUT2D eigenvalue weighted by Crippen LogP contribution is 2.22. The normalized spacial score (nSPS) is 19.5. The molecule has 0 radical (unpaired) electrons. The number of amides is 1. The lowest BCUT2D eigenvalue weighted by Gasteiger charge is -2.32. The largest absolute Gasteiger partial charge is 0.444 e. The number of rotatable bonds is 2. The molecule has 0 aliphatic carbocycles. The van der Waals surface area contributed by atoms with Crippen molar-refractivity contribution in [2.45, 2.75) is 25.8 Å². The van der Waals surface area contributed by atoms with Crippen molar-refractivity contribution >= 4 is 34.2 Å². The molecule has 1 fully saturated rings. The zero-order valence-electron chi connectivity index (χ0n) is 10.5. The number of aryl methyl sites for hydroxylation is 1. The molecule has 102 valence electrons. The molecule has 18 heavy (non-hydrogen) atoms. The third-order valence-electron chi connectivity index (χ3n) is 3.20. The van der Waals surface area contributed by atoms with Crippen LogP contribution < -0.4 is 5.32 Å². The summed E-state index contributed by atoms with van der Waals surface area (Å²) in [5, 5.41) is 3.23. The van der Waals surface area contributed by atoms with Gasteiger partial charge in [-0.2, -0.15) is 0 Å². The van der Waals surface area contributed by atoms with Crippen LogP contribution in [-0.2, 0) is 0 Å². The van der Waals surface area contributed by atoms with E-state index in [4.69, 9.17) is 4.42 Å². The van der Waals surface area contributed by atoms with Crippen LogP contribution in [-0.4, -0.2) is 37.0 Å². The third-order valence-corrected chi connectivity index (χ3v) is 3.59. The first-order chi connectivity index (χ1) is 8.11. The molecule has 1 aliphatic heterocycles. The summed E-state index contributed by atoms with van der Waals surface area (Å²) in [7, 11) is 1.94. The van der Waals surface area contributed by atoms with E-state index in [1.165, 1.54) is 0 Å². The van der Waals surface area contributed by atoms with E-state index in [2.05, 4.69) is 21.2 Å². The van der Waals surface area contributed by atoms with Crippen molar-refractivity contribution in [3.05, 3.63) is 22.1 Å². The van der Waals surface area contributed by atoms with Crippen LogP contribution in [0.25, 0.3) is 0 Å². The number of carbonyl (C=O) groups excluding carboxylic acids is 1. The summed E-state index contributed by atoms with van der Waals surface area (Å²) in [5.41, 5.74) is 0.883. The quantitative estimate of drug-likeness (QED) is 0.902. The minimum Gasteiger partial charge on any atom is -0.444 e. The first-order valence-electron chi connectivity index (χ1n) is 5.84. The number of likely N-dealkylation sites (tertiary alicyclic amines) is 1. The summed E-state index contributed by atoms with van der Waals surface area (Å²) in [4.78, 5) is 14.1. The summed E-state index contributed by atoms with van der Waals surface area (Å²) in [6.07, 6.45) is 2.17. The van der Waals surface area contributed by atoms with Crippen LogP contribution in [0.2, 0.25) is 0 Å². The van der Waals surface area contributed by atoms with Gasteiger partial charge >= 0.3 is 0 Å². The highest BCUT2D eigenvalue weighted by molar-refractivity contribution is 9.10. The van der Waals surface area contributed by atoms with E-state index in [1.807, 2.05) is 24.9 Å². The van der Waals surface area contributed by atoms with Crippen molar-refractivity contribution in [1.82, 2.24) is 10.2 Å². The maximum absolute atomic E-state index is 12.3. The van der Waals surface area contributed by atoms with Gasteiger partial charge in [0.25, 0.3) is 5.91 Å². The van der Waals surface area contributed by atoms with E-state index in [0.717, 1.165) is 31.5 Å². The predicted octanol–water partition coefficient (Wildman–Crippen LogP) is 2.60. The second-order valence-electron chi connectivity index (χ2n) is 4.44. The highest BCUT2D eigenvalue weighted by Gasteiger charge is 2.26. The molecule has 0 aromatic carbocycles. The third kappa shape index (κ3) is 3.28. The van der Waals surface area contributed by atoms with Gasteiger partial charge in [0.2, 0.25) is 0 Å². The molecule has 0 saturated carbocycles. The Morgan fingerprint density at radius 1 is 1.61 bits per heavy atom. The van der Waals surface area contributed by atoms with E-state index in [9.17, 15) is 4.79 Å². The monoisotopic (exact) mass is 336 g/mol. The topological polar surface area (TPSA) is 45.5 Å². The first kappa shape index (κ1) is 15.5. The van der Waals surface area contributed by atoms with Crippen molar-refractivity contribution < 1.29 is 9.21 Å². The van der Waals surface area contributed by atoms with Gasteiger partial charge in [-0.05, 0) is 48.8 Å². The Kier molecular flexibility index (Phi) is 5.69. The van der Waals surface area contributed by atoms with Gasteiger partial charge in [-0.3, -0.25) is 4.79 Å². The number of hydrogen-bond donors (Lipinski definition) is 1. The zero-order chi connectivity index (χ0) is 12.4. The van der Waals surface area contributed by atoms with Gasteiger partial charge in [0.1, 0.15) is 0 Å². The average Bonchev–Trinajstić information content (AvgIpc) is 2.67. The molecule has 1 saturated heterocycles. The molecule has 1 unspecified atom stereocenters. The van der Waals surface area contributed by atoms with Gasteiger partial charge in [-0.15, -0.1) is 12.4 Å². The minimum atomic E-state index is -0.00634. The summed E-state index contributed by atoms with van der Waals surface area (Å²) in [6, 6.07) is 2.22. The molecule has 1 aromatic heterocycles. The molecule has 1 aliphatic rings. The lowest BCUT2D eigenvalue weighted by molar-refractivity contribution is 0.0663. The average molecular weight is 338 g/mol. The van der Waals surface area contributed by atoms with Gasteiger partial charge in [0, 0.05) is 24.7 Å². The van der Waals surface area contributed by atoms with Crippen molar-refractivity contribution in [3.63, 3.8) is 0 Å². The van der Waals surface area contributed by atoms with Crippen LogP contribution in [0.4, 0.5) is 0 Å². The molecule has 1 aromatic rings.